The van der Waals surface area contributed by atoms with Crippen LogP contribution in [-0.2, 0) is 4.79 Å². The number of nitrogens with two attached hydrogens (primary N) is 1. The average Bonchev–Trinajstić information content (AvgIpc) is 2.43. The van der Waals surface area contributed by atoms with Crippen LogP contribution >= 0.6 is 11.8 Å². The third kappa shape index (κ3) is 4.50. The van der Waals surface area contributed by atoms with Crippen molar-refractivity contribution in [3.8, 4) is 0 Å². The van der Waals surface area contributed by atoms with Gasteiger partial charge in [0.2, 0.25) is 5.91 Å². The van der Waals surface area contributed by atoms with Gasteiger partial charge in [-0.1, -0.05) is 0 Å². The van der Waals surface area contributed by atoms with Crippen molar-refractivity contribution >= 4 is 23.4 Å². The maximum absolute atomic E-state index is 11.3. The number of nitro benzene ring substituents is 1. The summed E-state index contributed by atoms with van der Waals surface area (Å²) in [5.41, 5.74) is 4.75. The van der Waals surface area contributed by atoms with Crippen LogP contribution < -0.4 is 11.1 Å². The van der Waals surface area contributed by atoms with E-state index in [9.17, 15) is 14.9 Å². The first kappa shape index (κ1) is 16.5. The van der Waals surface area contributed by atoms with Gasteiger partial charge in [-0.2, -0.15) is 0 Å². The standard InChI is InChI=1S/C13H19N3O3S/c1-13(15-2,12(14)17)8-3-9-20-11-6-4-10(5-7-11)16(18)19/h4-7,15H,3,8-9H2,1-2H3,(H2,14,17). The molecule has 110 valence electrons. The van der Waals surface area contributed by atoms with Crippen LogP contribution in [0.15, 0.2) is 29.2 Å². The van der Waals surface area contributed by atoms with Gasteiger partial charge in [-0.05, 0) is 44.7 Å². The van der Waals surface area contributed by atoms with E-state index >= 15 is 0 Å². The lowest BCUT2D eigenvalue weighted by Crippen LogP contribution is -2.51. The zero-order chi connectivity index (χ0) is 15.2. The number of carbonyl (C=O) groups excluding carboxylic acids is 1. The molecule has 3 N–H and O–H groups in total. The van der Waals surface area contributed by atoms with Crippen molar-refractivity contribution < 1.29 is 9.72 Å². The van der Waals surface area contributed by atoms with Crippen LogP contribution in [0.3, 0.4) is 0 Å². The maximum Gasteiger partial charge on any atom is 0.269 e. The van der Waals surface area contributed by atoms with Crippen LogP contribution in [0.25, 0.3) is 0 Å². The number of nitrogens with one attached hydrogen (secondary N) is 1. The molecule has 0 radical (unpaired) electrons. The molecular weight excluding hydrogens is 278 g/mol. The van der Waals surface area contributed by atoms with Gasteiger partial charge < -0.3 is 11.1 Å². The van der Waals surface area contributed by atoms with Crippen LogP contribution in [0.5, 0.6) is 0 Å². The summed E-state index contributed by atoms with van der Waals surface area (Å²) < 4.78 is 0. The van der Waals surface area contributed by atoms with Crippen LogP contribution in [0.4, 0.5) is 5.69 Å². The van der Waals surface area contributed by atoms with Gasteiger partial charge in [-0.15, -0.1) is 11.8 Å². The van der Waals surface area contributed by atoms with E-state index in [1.54, 1.807) is 37.9 Å². The van der Waals surface area contributed by atoms with Crippen molar-refractivity contribution in [1.82, 2.24) is 5.32 Å². The minimum atomic E-state index is -0.684. The Kier molecular flexibility index (Phi) is 5.97. The molecule has 20 heavy (non-hydrogen) atoms. The number of rotatable bonds is 8. The molecule has 0 fully saturated rings. The predicted octanol–water partition coefficient (Wildman–Crippen LogP) is 1.93. The highest BCUT2D eigenvalue weighted by atomic mass is 32.2. The molecule has 0 aliphatic rings. The smallest absolute Gasteiger partial charge is 0.269 e. The fourth-order valence-electron chi connectivity index (χ4n) is 1.65. The lowest BCUT2D eigenvalue weighted by Gasteiger charge is -2.25. The highest BCUT2D eigenvalue weighted by Gasteiger charge is 2.27. The molecule has 0 bridgehead atoms. The van der Waals surface area contributed by atoms with Gasteiger partial charge in [0.15, 0.2) is 0 Å². The van der Waals surface area contributed by atoms with Gasteiger partial charge in [0.25, 0.3) is 5.69 Å². The number of non-ortho nitro benzene ring substituents is 1. The molecule has 0 saturated heterocycles. The van der Waals surface area contributed by atoms with Gasteiger partial charge in [0.1, 0.15) is 0 Å². The summed E-state index contributed by atoms with van der Waals surface area (Å²) in [5, 5.41) is 13.5. The molecule has 1 aromatic carbocycles. The summed E-state index contributed by atoms with van der Waals surface area (Å²) in [6, 6.07) is 6.44. The number of hydrogen-bond acceptors (Lipinski definition) is 5. The van der Waals surface area contributed by atoms with Crippen molar-refractivity contribution in [3.63, 3.8) is 0 Å². The molecular formula is C13H19N3O3S. The SMILES string of the molecule is CNC(C)(CCCSc1ccc([N+](=O)[O-])cc1)C(N)=O. The molecule has 1 unspecified atom stereocenters. The number of amides is 1. The first-order valence-corrected chi connectivity index (χ1v) is 7.23. The summed E-state index contributed by atoms with van der Waals surface area (Å²) in [6.45, 7) is 1.78. The number of benzene rings is 1. The fraction of sp³-hybridized carbons (Fsp3) is 0.462. The summed E-state index contributed by atoms with van der Waals surface area (Å²) in [4.78, 5) is 22.4. The van der Waals surface area contributed by atoms with Crippen molar-refractivity contribution in [2.75, 3.05) is 12.8 Å². The lowest BCUT2D eigenvalue weighted by atomic mass is 9.96. The second-order valence-corrected chi connectivity index (χ2v) is 5.82. The molecule has 0 aliphatic carbocycles. The minimum Gasteiger partial charge on any atom is -0.368 e. The summed E-state index contributed by atoms with van der Waals surface area (Å²) in [5.74, 6) is 0.461. The second kappa shape index (κ2) is 7.25. The molecule has 1 amide bonds. The Morgan fingerprint density at radius 3 is 2.50 bits per heavy atom. The van der Waals surface area contributed by atoms with E-state index in [0.29, 0.717) is 6.42 Å². The summed E-state index contributed by atoms with van der Waals surface area (Å²) >= 11 is 1.60. The molecule has 1 atom stereocenters. The van der Waals surface area contributed by atoms with E-state index in [1.165, 1.54) is 12.1 Å². The Morgan fingerprint density at radius 1 is 1.45 bits per heavy atom. The number of primary amides is 1. The van der Waals surface area contributed by atoms with E-state index in [1.807, 2.05) is 0 Å². The van der Waals surface area contributed by atoms with E-state index in [0.717, 1.165) is 17.1 Å². The maximum atomic E-state index is 11.3. The normalized spacial score (nSPS) is 13.7. The molecule has 0 spiro atoms. The highest BCUT2D eigenvalue weighted by molar-refractivity contribution is 7.99. The number of thioether (sulfide) groups is 1. The van der Waals surface area contributed by atoms with E-state index < -0.39 is 10.5 Å². The Balaban J connectivity index is 2.41. The molecule has 0 saturated carbocycles. The Labute approximate surface area is 122 Å². The quantitative estimate of drug-likeness (QED) is 0.330. The van der Waals surface area contributed by atoms with Crippen LogP contribution in [0.1, 0.15) is 19.8 Å². The highest BCUT2D eigenvalue weighted by Crippen LogP contribution is 2.23. The van der Waals surface area contributed by atoms with E-state index in [2.05, 4.69) is 5.32 Å². The van der Waals surface area contributed by atoms with Gasteiger partial charge in [0, 0.05) is 17.0 Å². The van der Waals surface area contributed by atoms with Crippen molar-refractivity contribution in [2.24, 2.45) is 5.73 Å². The molecule has 1 rings (SSSR count). The number of nitro groups is 1. The molecule has 0 heterocycles. The van der Waals surface area contributed by atoms with Gasteiger partial charge in [-0.25, -0.2) is 0 Å². The Bertz CT molecular complexity index is 478. The van der Waals surface area contributed by atoms with Crippen LogP contribution in [-0.4, -0.2) is 29.2 Å². The zero-order valence-electron chi connectivity index (χ0n) is 11.6. The molecule has 7 heteroatoms. The van der Waals surface area contributed by atoms with Crippen LogP contribution in [0.2, 0.25) is 0 Å². The number of hydrogen-bond donors (Lipinski definition) is 2. The van der Waals surface area contributed by atoms with Gasteiger partial charge in [0.05, 0.1) is 10.5 Å². The molecule has 0 aliphatic heterocycles. The topological polar surface area (TPSA) is 98.3 Å². The number of likely N-dealkylation sites (N-methyl/N-ethyl adjacent to an activating group) is 1. The van der Waals surface area contributed by atoms with Crippen molar-refractivity contribution in [1.29, 1.82) is 0 Å². The predicted molar refractivity (Wildman–Crippen MR) is 79.7 cm³/mol. The summed E-state index contributed by atoms with van der Waals surface area (Å²) in [7, 11) is 1.72. The van der Waals surface area contributed by atoms with Gasteiger partial charge >= 0.3 is 0 Å². The molecule has 6 nitrogen and oxygen atoms in total. The first-order chi connectivity index (χ1) is 9.39. The van der Waals surface area contributed by atoms with E-state index in [-0.39, 0.29) is 11.6 Å². The third-order valence-electron chi connectivity index (χ3n) is 3.23. The molecule has 1 aromatic rings. The Hall–Kier alpha value is -1.60. The van der Waals surface area contributed by atoms with Gasteiger partial charge in [-0.3, -0.25) is 14.9 Å². The fourth-order valence-corrected chi connectivity index (χ4v) is 2.50. The monoisotopic (exact) mass is 297 g/mol. The molecule has 0 aromatic heterocycles. The largest absolute Gasteiger partial charge is 0.368 e. The second-order valence-electron chi connectivity index (χ2n) is 4.65. The van der Waals surface area contributed by atoms with Crippen molar-refractivity contribution in [2.45, 2.75) is 30.2 Å². The zero-order valence-corrected chi connectivity index (χ0v) is 12.4. The van der Waals surface area contributed by atoms with Crippen LogP contribution in [0, 0.1) is 10.1 Å². The lowest BCUT2D eigenvalue weighted by molar-refractivity contribution is -0.384. The number of carbonyl (C=O) groups is 1. The van der Waals surface area contributed by atoms with E-state index in [4.69, 9.17) is 5.73 Å². The first-order valence-electron chi connectivity index (χ1n) is 6.25. The Morgan fingerprint density at radius 2 is 2.05 bits per heavy atom. The van der Waals surface area contributed by atoms with Crippen molar-refractivity contribution in [3.05, 3.63) is 34.4 Å². The third-order valence-corrected chi connectivity index (χ3v) is 4.33. The minimum absolute atomic E-state index is 0.0887. The average molecular weight is 297 g/mol. The summed E-state index contributed by atoms with van der Waals surface area (Å²) in [6.07, 6.45) is 1.47. The number of nitrogens with zero attached hydrogens (tertiary/aromatic N) is 1.